The zero-order valence-electron chi connectivity index (χ0n) is 10.5. The molecule has 20 heavy (non-hydrogen) atoms. The molecule has 1 aromatic heterocycles. The van der Waals surface area contributed by atoms with Crippen LogP contribution in [0.1, 0.15) is 11.6 Å². The first-order valence-electron chi connectivity index (χ1n) is 5.95. The van der Waals surface area contributed by atoms with Gasteiger partial charge in [-0.1, -0.05) is 12.1 Å². The van der Waals surface area contributed by atoms with Gasteiger partial charge < -0.3 is 4.74 Å². The molecule has 0 saturated heterocycles. The van der Waals surface area contributed by atoms with E-state index in [0.717, 1.165) is 16.5 Å². The van der Waals surface area contributed by atoms with E-state index in [1.807, 2.05) is 12.1 Å². The zero-order valence-corrected chi connectivity index (χ0v) is 10.5. The van der Waals surface area contributed by atoms with E-state index in [1.54, 1.807) is 24.4 Å². The summed E-state index contributed by atoms with van der Waals surface area (Å²) in [6, 6.07) is 8.52. The van der Waals surface area contributed by atoms with Crippen molar-refractivity contribution in [3.63, 3.8) is 0 Å². The number of ether oxygens (including phenoxy) is 1. The molecule has 2 rings (SSSR count). The summed E-state index contributed by atoms with van der Waals surface area (Å²) >= 11 is 0. The Balaban J connectivity index is 2.09. The Kier molecular flexibility index (Phi) is 4.53. The van der Waals surface area contributed by atoms with Gasteiger partial charge in [-0.3, -0.25) is 16.3 Å². The molecule has 0 bridgehead atoms. The van der Waals surface area contributed by atoms with E-state index in [1.165, 1.54) is 0 Å². The van der Waals surface area contributed by atoms with E-state index < -0.39 is 18.8 Å². The molecule has 3 N–H and O–H groups in total. The Morgan fingerprint density at radius 3 is 2.80 bits per heavy atom. The lowest BCUT2D eigenvalue weighted by molar-refractivity contribution is -0.175. The standard InChI is InChI=1S/C13H14F3N3O/c14-13(15,16)8-20-7-12(19-17)10-3-4-11-9(6-10)2-1-5-18-11/h1-6,12,19H,7-8,17H2. The largest absolute Gasteiger partial charge is 0.411 e. The number of nitrogens with one attached hydrogen (secondary N) is 1. The summed E-state index contributed by atoms with van der Waals surface area (Å²) in [6.07, 6.45) is -2.67. The van der Waals surface area contributed by atoms with Gasteiger partial charge in [0.05, 0.1) is 18.2 Å². The first-order chi connectivity index (χ1) is 9.49. The maximum absolute atomic E-state index is 12.0. The predicted molar refractivity (Wildman–Crippen MR) is 68.7 cm³/mol. The molecule has 4 nitrogen and oxygen atoms in total. The van der Waals surface area contributed by atoms with Gasteiger partial charge in [-0.2, -0.15) is 13.2 Å². The van der Waals surface area contributed by atoms with Crippen molar-refractivity contribution in [1.29, 1.82) is 0 Å². The number of rotatable bonds is 5. The summed E-state index contributed by atoms with van der Waals surface area (Å²) in [5.74, 6) is 5.37. The second kappa shape index (κ2) is 6.17. The summed E-state index contributed by atoms with van der Waals surface area (Å²) in [6.45, 7) is -1.46. The summed E-state index contributed by atoms with van der Waals surface area (Å²) < 4.78 is 40.7. The van der Waals surface area contributed by atoms with Crippen molar-refractivity contribution in [3.05, 3.63) is 42.1 Å². The van der Waals surface area contributed by atoms with Gasteiger partial charge >= 0.3 is 6.18 Å². The van der Waals surface area contributed by atoms with Crippen molar-refractivity contribution in [2.45, 2.75) is 12.2 Å². The van der Waals surface area contributed by atoms with Gasteiger partial charge in [0.1, 0.15) is 6.61 Å². The number of hydrogen-bond donors (Lipinski definition) is 2. The first-order valence-corrected chi connectivity index (χ1v) is 5.95. The average molecular weight is 285 g/mol. The molecule has 0 amide bonds. The van der Waals surface area contributed by atoms with Gasteiger partial charge in [0.15, 0.2) is 0 Å². The molecule has 0 radical (unpaired) electrons. The molecule has 0 aliphatic carbocycles. The molecule has 1 atom stereocenters. The minimum atomic E-state index is -4.34. The van der Waals surface area contributed by atoms with Crippen LogP contribution in [0.3, 0.4) is 0 Å². The van der Waals surface area contributed by atoms with Crippen LogP contribution in [0.15, 0.2) is 36.5 Å². The fourth-order valence-electron chi connectivity index (χ4n) is 1.84. The van der Waals surface area contributed by atoms with Gasteiger partial charge in [-0.25, -0.2) is 0 Å². The second-order valence-corrected chi connectivity index (χ2v) is 4.31. The average Bonchev–Trinajstić information content (AvgIpc) is 2.42. The number of pyridine rings is 1. The highest BCUT2D eigenvalue weighted by Gasteiger charge is 2.28. The van der Waals surface area contributed by atoms with E-state index in [4.69, 9.17) is 5.84 Å². The van der Waals surface area contributed by atoms with Crippen LogP contribution in [0.2, 0.25) is 0 Å². The number of nitrogens with zero attached hydrogens (tertiary/aromatic N) is 1. The van der Waals surface area contributed by atoms with Gasteiger partial charge in [-0.05, 0) is 23.8 Å². The van der Waals surface area contributed by atoms with Crippen LogP contribution < -0.4 is 11.3 Å². The number of nitrogens with two attached hydrogens (primary N) is 1. The van der Waals surface area contributed by atoms with E-state index in [2.05, 4.69) is 15.1 Å². The van der Waals surface area contributed by atoms with Gasteiger partial charge in [0.2, 0.25) is 0 Å². The van der Waals surface area contributed by atoms with Crippen LogP contribution in [0.5, 0.6) is 0 Å². The summed E-state index contributed by atoms with van der Waals surface area (Å²) in [7, 11) is 0. The van der Waals surface area contributed by atoms with Crippen LogP contribution in [0.25, 0.3) is 10.9 Å². The third-order valence-electron chi connectivity index (χ3n) is 2.78. The van der Waals surface area contributed by atoms with E-state index >= 15 is 0 Å². The normalized spacial score (nSPS) is 13.6. The summed E-state index contributed by atoms with van der Waals surface area (Å²) in [5.41, 5.74) is 4.01. The van der Waals surface area contributed by atoms with Crippen LogP contribution in [-0.2, 0) is 4.74 Å². The summed E-state index contributed by atoms with van der Waals surface area (Å²) in [5, 5.41) is 0.890. The minimum absolute atomic E-state index is 0.165. The minimum Gasteiger partial charge on any atom is -0.370 e. The molecule has 0 aliphatic heterocycles. The number of halogens is 3. The van der Waals surface area contributed by atoms with Crippen molar-refractivity contribution in [3.8, 4) is 0 Å². The first kappa shape index (κ1) is 14.7. The fourth-order valence-corrected chi connectivity index (χ4v) is 1.84. The molecule has 1 unspecified atom stereocenters. The molecule has 0 fully saturated rings. The topological polar surface area (TPSA) is 60.2 Å². The predicted octanol–water partition coefficient (Wildman–Crippen LogP) is 2.32. The van der Waals surface area contributed by atoms with Crippen LogP contribution in [0.4, 0.5) is 13.2 Å². The molecule has 2 aromatic rings. The van der Waals surface area contributed by atoms with Gasteiger partial charge in [-0.15, -0.1) is 0 Å². The quantitative estimate of drug-likeness (QED) is 0.654. The van der Waals surface area contributed by atoms with E-state index in [-0.39, 0.29) is 6.61 Å². The number of hydrogen-bond acceptors (Lipinski definition) is 4. The Hall–Kier alpha value is -1.70. The number of fused-ring (bicyclic) bond motifs is 1. The molecule has 0 spiro atoms. The molecule has 1 aromatic carbocycles. The molecular weight excluding hydrogens is 271 g/mol. The van der Waals surface area contributed by atoms with Crippen LogP contribution >= 0.6 is 0 Å². The molecule has 108 valence electrons. The molecule has 0 aliphatic rings. The van der Waals surface area contributed by atoms with Crippen molar-refractivity contribution in [2.24, 2.45) is 5.84 Å². The zero-order chi connectivity index (χ0) is 14.6. The Morgan fingerprint density at radius 1 is 1.30 bits per heavy atom. The number of benzene rings is 1. The van der Waals surface area contributed by atoms with Crippen LogP contribution in [0, 0.1) is 0 Å². The van der Waals surface area contributed by atoms with Crippen LogP contribution in [-0.4, -0.2) is 24.4 Å². The highest BCUT2D eigenvalue weighted by atomic mass is 19.4. The highest BCUT2D eigenvalue weighted by molar-refractivity contribution is 5.79. The molecule has 1 heterocycles. The maximum Gasteiger partial charge on any atom is 0.411 e. The number of hydrazine groups is 1. The molecular formula is C13H14F3N3O. The Labute approximate surface area is 113 Å². The third kappa shape index (κ3) is 3.89. The lowest BCUT2D eigenvalue weighted by atomic mass is 10.1. The molecule has 7 heteroatoms. The van der Waals surface area contributed by atoms with Crippen molar-refractivity contribution in [1.82, 2.24) is 10.4 Å². The third-order valence-corrected chi connectivity index (χ3v) is 2.78. The summed E-state index contributed by atoms with van der Waals surface area (Å²) in [4.78, 5) is 4.17. The fraction of sp³-hybridized carbons (Fsp3) is 0.308. The van der Waals surface area contributed by atoms with E-state index in [9.17, 15) is 13.2 Å². The highest BCUT2D eigenvalue weighted by Crippen LogP contribution is 2.20. The lowest BCUT2D eigenvalue weighted by Crippen LogP contribution is -2.32. The van der Waals surface area contributed by atoms with Crippen molar-refractivity contribution < 1.29 is 17.9 Å². The van der Waals surface area contributed by atoms with Gasteiger partial charge in [0, 0.05) is 11.6 Å². The molecule has 0 saturated carbocycles. The second-order valence-electron chi connectivity index (χ2n) is 4.31. The number of alkyl halides is 3. The SMILES string of the molecule is NNC(COCC(F)(F)F)c1ccc2ncccc2c1. The van der Waals surface area contributed by atoms with Crippen molar-refractivity contribution >= 4 is 10.9 Å². The van der Waals surface area contributed by atoms with Gasteiger partial charge in [0.25, 0.3) is 0 Å². The smallest absolute Gasteiger partial charge is 0.370 e. The monoisotopic (exact) mass is 285 g/mol. The number of aromatic nitrogens is 1. The maximum atomic E-state index is 12.0. The Bertz CT molecular complexity index is 574. The lowest BCUT2D eigenvalue weighted by Gasteiger charge is -2.17. The van der Waals surface area contributed by atoms with E-state index in [0.29, 0.717) is 0 Å². The Morgan fingerprint density at radius 2 is 2.10 bits per heavy atom. The van der Waals surface area contributed by atoms with Crippen molar-refractivity contribution in [2.75, 3.05) is 13.2 Å².